The predicted molar refractivity (Wildman–Crippen MR) is 127 cm³/mol. The third-order valence-electron chi connectivity index (χ3n) is 4.63. The minimum absolute atomic E-state index is 0. The molecule has 1 amide bonds. The number of carbonyl (C=O) groups is 1. The summed E-state index contributed by atoms with van der Waals surface area (Å²) in [5.41, 5.74) is 2.49. The molecule has 0 aromatic heterocycles. The number of likely N-dealkylation sites (N-methyl/N-ethyl adjacent to an activating group) is 1. The number of carbonyl (C=O) groups excluding carboxylic acids is 1. The zero-order chi connectivity index (χ0) is 19.8. The molecule has 0 saturated heterocycles. The maximum atomic E-state index is 11.9. The number of aliphatic imine (C=N–C) groups is 1. The number of hydrogen-bond donors (Lipinski definition) is 2. The van der Waals surface area contributed by atoms with Crippen LogP contribution < -0.4 is 15.4 Å². The highest BCUT2D eigenvalue weighted by atomic mass is 127. The summed E-state index contributed by atoms with van der Waals surface area (Å²) in [5, 5.41) is 6.64. The van der Waals surface area contributed by atoms with E-state index in [0.717, 1.165) is 25.1 Å². The van der Waals surface area contributed by atoms with Gasteiger partial charge in [-0.05, 0) is 23.6 Å². The van der Waals surface area contributed by atoms with Crippen LogP contribution in [0.3, 0.4) is 0 Å². The van der Waals surface area contributed by atoms with Crippen LogP contribution in [0.5, 0.6) is 5.75 Å². The third-order valence-corrected chi connectivity index (χ3v) is 4.63. The van der Waals surface area contributed by atoms with Gasteiger partial charge >= 0.3 is 0 Å². The van der Waals surface area contributed by atoms with Crippen molar-refractivity contribution in [1.82, 2.24) is 15.5 Å². The molecule has 156 valence electrons. The lowest BCUT2D eigenvalue weighted by atomic mass is 10.1. The van der Waals surface area contributed by atoms with Crippen LogP contribution in [0.2, 0.25) is 0 Å². The molecule has 7 heteroatoms. The largest absolute Gasteiger partial charge is 0.488 e. The van der Waals surface area contributed by atoms with Gasteiger partial charge in [0.05, 0.1) is 6.54 Å². The average molecular weight is 508 g/mol. The van der Waals surface area contributed by atoms with Crippen molar-refractivity contribution in [3.8, 4) is 5.75 Å². The first-order valence-corrected chi connectivity index (χ1v) is 9.62. The fraction of sp³-hybridized carbons (Fsp3) is 0.364. The van der Waals surface area contributed by atoms with Crippen LogP contribution in [-0.4, -0.2) is 56.6 Å². The number of ether oxygens (including phenoxy) is 1. The van der Waals surface area contributed by atoms with Crippen LogP contribution in [0.15, 0.2) is 59.6 Å². The molecule has 0 aliphatic carbocycles. The highest BCUT2D eigenvalue weighted by Crippen LogP contribution is 2.27. The summed E-state index contributed by atoms with van der Waals surface area (Å²) in [6.07, 6.45) is 1.81. The number of nitrogens with one attached hydrogen (secondary N) is 2. The van der Waals surface area contributed by atoms with Crippen molar-refractivity contribution >= 4 is 35.8 Å². The Labute approximate surface area is 189 Å². The molecule has 0 fully saturated rings. The van der Waals surface area contributed by atoms with Crippen LogP contribution in [-0.2, 0) is 17.6 Å². The van der Waals surface area contributed by atoms with Crippen molar-refractivity contribution in [2.45, 2.75) is 18.9 Å². The zero-order valence-corrected chi connectivity index (χ0v) is 19.3. The summed E-state index contributed by atoms with van der Waals surface area (Å²) < 4.78 is 5.97. The lowest BCUT2D eigenvalue weighted by Crippen LogP contribution is -2.43. The summed E-state index contributed by atoms with van der Waals surface area (Å²) in [4.78, 5) is 17.9. The Morgan fingerprint density at radius 3 is 2.55 bits per heavy atom. The normalized spacial score (nSPS) is 15.0. The second-order valence-electron chi connectivity index (χ2n) is 7.05. The average Bonchev–Trinajstić information content (AvgIpc) is 3.13. The van der Waals surface area contributed by atoms with Crippen LogP contribution >= 0.6 is 24.0 Å². The van der Waals surface area contributed by atoms with E-state index < -0.39 is 0 Å². The maximum Gasteiger partial charge on any atom is 0.243 e. The summed E-state index contributed by atoms with van der Waals surface area (Å²) in [6, 6.07) is 18.4. The van der Waals surface area contributed by atoms with E-state index in [1.165, 1.54) is 11.1 Å². The lowest BCUT2D eigenvalue weighted by Gasteiger charge is -2.16. The molecule has 0 spiro atoms. The zero-order valence-electron chi connectivity index (χ0n) is 16.9. The number of fused-ring (bicyclic) bond motifs is 1. The van der Waals surface area contributed by atoms with Gasteiger partial charge in [-0.25, -0.2) is 4.99 Å². The number of hydrogen-bond acceptors (Lipinski definition) is 3. The van der Waals surface area contributed by atoms with Crippen molar-refractivity contribution in [1.29, 1.82) is 0 Å². The summed E-state index contributed by atoms with van der Waals surface area (Å²) >= 11 is 0. The molecule has 0 bridgehead atoms. The first kappa shape index (κ1) is 23.0. The van der Waals surface area contributed by atoms with Gasteiger partial charge in [-0.1, -0.05) is 48.5 Å². The molecule has 6 nitrogen and oxygen atoms in total. The first-order chi connectivity index (χ1) is 13.6. The van der Waals surface area contributed by atoms with E-state index in [1.807, 2.05) is 36.4 Å². The van der Waals surface area contributed by atoms with Crippen molar-refractivity contribution in [2.24, 2.45) is 4.99 Å². The summed E-state index contributed by atoms with van der Waals surface area (Å²) in [7, 11) is 3.47. The lowest BCUT2D eigenvalue weighted by molar-refractivity contribution is -0.127. The van der Waals surface area contributed by atoms with Gasteiger partial charge in [-0.3, -0.25) is 4.79 Å². The third kappa shape index (κ3) is 7.23. The number of guanidine groups is 1. The van der Waals surface area contributed by atoms with Gasteiger partial charge in [0.25, 0.3) is 0 Å². The van der Waals surface area contributed by atoms with Gasteiger partial charge in [-0.2, -0.15) is 0 Å². The Hall–Kier alpha value is -2.29. The number of nitrogens with zero attached hydrogens (tertiary/aromatic N) is 2. The van der Waals surface area contributed by atoms with E-state index in [-0.39, 0.29) is 42.5 Å². The maximum absolute atomic E-state index is 11.9. The van der Waals surface area contributed by atoms with E-state index in [0.29, 0.717) is 12.5 Å². The number of halogens is 1. The van der Waals surface area contributed by atoms with E-state index >= 15 is 0 Å². The minimum Gasteiger partial charge on any atom is -0.488 e. The molecule has 2 N–H and O–H groups in total. The van der Waals surface area contributed by atoms with Gasteiger partial charge in [0.2, 0.25) is 5.91 Å². The molecule has 1 unspecified atom stereocenters. The molecule has 1 heterocycles. The molecule has 3 rings (SSSR count). The van der Waals surface area contributed by atoms with Crippen molar-refractivity contribution in [2.75, 3.05) is 33.7 Å². The monoisotopic (exact) mass is 508 g/mol. The SMILES string of the molecule is CN(C)C(=O)CN=C(NCCc1ccccc1)NCC1Cc2ccccc2O1.I. The van der Waals surface area contributed by atoms with Crippen LogP contribution in [0, 0.1) is 0 Å². The van der Waals surface area contributed by atoms with Crippen LogP contribution in [0.25, 0.3) is 0 Å². The molecular weight excluding hydrogens is 479 g/mol. The smallest absolute Gasteiger partial charge is 0.243 e. The highest BCUT2D eigenvalue weighted by molar-refractivity contribution is 14.0. The van der Waals surface area contributed by atoms with Crippen molar-refractivity contribution in [3.63, 3.8) is 0 Å². The topological polar surface area (TPSA) is 66.0 Å². The second-order valence-corrected chi connectivity index (χ2v) is 7.05. The molecule has 2 aromatic rings. The Bertz CT molecular complexity index is 786. The quantitative estimate of drug-likeness (QED) is 0.343. The Morgan fingerprint density at radius 2 is 1.83 bits per heavy atom. The molecule has 1 aliphatic rings. The number of rotatable bonds is 7. The van der Waals surface area contributed by atoms with Crippen molar-refractivity contribution < 1.29 is 9.53 Å². The van der Waals surface area contributed by atoms with Crippen LogP contribution in [0.4, 0.5) is 0 Å². The number of para-hydroxylation sites is 1. The number of amides is 1. The van der Waals surface area contributed by atoms with Crippen LogP contribution in [0.1, 0.15) is 11.1 Å². The fourth-order valence-electron chi connectivity index (χ4n) is 3.01. The van der Waals surface area contributed by atoms with E-state index in [2.05, 4.69) is 33.8 Å². The minimum atomic E-state index is -0.0336. The molecule has 2 aromatic carbocycles. The number of benzene rings is 2. The van der Waals surface area contributed by atoms with E-state index in [4.69, 9.17) is 4.74 Å². The summed E-state index contributed by atoms with van der Waals surface area (Å²) in [5.74, 6) is 1.55. The van der Waals surface area contributed by atoms with Gasteiger partial charge in [-0.15, -0.1) is 24.0 Å². The summed E-state index contributed by atoms with van der Waals surface area (Å²) in [6.45, 7) is 1.47. The molecule has 1 atom stereocenters. The Kier molecular flexibility index (Phi) is 9.24. The molecule has 1 aliphatic heterocycles. The molecule has 0 saturated carbocycles. The molecule has 29 heavy (non-hydrogen) atoms. The Balaban J connectivity index is 0.00000300. The van der Waals surface area contributed by atoms with Gasteiger partial charge in [0, 0.05) is 27.1 Å². The predicted octanol–water partition coefficient (Wildman–Crippen LogP) is 2.47. The fourth-order valence-corrected chi connectivity index (χ4v) is 3.01. The highest BCUT2D eigenvalue weighted by Gasteiger charge is 2.22. The molecule has 0 radical (unpaired) electrons. The van der Waals surface area contributed by atoms with E-state index in [1.54, 1.807) is 19.0 Å². The Morgan fingerprint density at radius 1 is 1.10 bits per heavy atom. The van der Waals surface area contributed by atoms with Gasteiger partial charge in [0.1, 0.15) is 18.4 Å². The first-order valence-electron chi connectivity index (χ1n) is 9.62. The molecular formula is C22H29IN4O2. The standard InChI is InChI=1S/C22H28N4O2.HI/c1-26(2)21(27)16-25-22(23-13-12-17-8-4-3-5-9-17)24-15-19-14-18-10-6-7-11-20(18)28-19;/h3-11,19H,12-16H2,1-2H3,(H2,23,24,25);1H. The van der Waals surface area contributed by atoms with Gasteiger partial charge in [0.15, 0.2) is 5.96 Å². The van der Waals surface area contributed by atoms with E-state index in [9.17, 15) is 4.79 Å². The van der Waals surface area contributed by atoms with Crippen molar-refractivity contribution in [3.05, 3.63) is 65.7 Å². The van der Waals surface area contributed by atoms with Gasteiger partial charge < -0.3 is 20.3 Å². The second kappa shape index (κ2) is 11.6.